The van der Waals surface area contributed by atoms with Crippen LogP contribution in [0.3, 0.4) is 0 Å². The van der Waals surface area contributed by atoms with Crippen LogP contribution >= 0.6 is 0 Å². The van der Waals surface area contributed by atoms with Gasteiger partial charge in [0.25, 0.3) is 0 Å². The van der Waals surface area contributed by atoms with E-state index in [0.717, 1.165) is 49.5 Å². The van der Waals surface area contributed by atoms with Crippen LogP contribution in [0.1, 0.15) is 51.5 Å². The second-order valence-corrected chi connectivity index (χ2v) is 9.61. The summed E-state index contributed by atoms with van der Waals surface area (Å²) in [5.41, 5.74) is 4.77. The molecule has 2 aromatic rings. The van der Waals surface area contributed by atoms with Gasteiger partial charge in [0.05, 0.1) is 18.8 Å². The Morgan fingerprint density at radius 2 is 2.03 bits per heavy atom. The fourth-order valence-corrected chi connectivity index (χ4v) is 4.33. The number of benzene rings is 1. The van der Waals surface area contributed by atoms with E-state index in [2.05, 4.69) is 65.3 Å². The molecule has 152 valence electrons. The van der Waals surface area contributed by atoms with Crippen LogP contribution in [0.4, 0.5) is 5.69 Å². The van der Waals surface area contributed by atoms with Crippen LogP contribution in [-0.4, -0.2) is 40.8 Å². The maximum absolute atomic E-state index is 5.86. The van der Waals surface area contributed by atoms with Crippen molar-refractivity contribution in [2.24, 2.45) is 11.3 Å². The molecule has 0 amide bonds. The Labute approximate surface area is 173 Å². The summed E-state index contributed by atoms with van der Waals surface area (Å²) in [5.74, 6) is 7.37. The molecule has 2 saturated heterocycles. The highest BCUT2D eigenvalue weighted by molar-refractivity contribution is 5.78. The molecule has 1 aromatic heterocycles. The van der Waals surface area contributed by atoms with Gasteiger partial charge in [-0.1, -0.05) is 30.9 Å². The lowest BCUT2D eigenvalue weighted by Crippen LogP contribution is -2.53. The number of anilines is 1. The monoisotopic (exact) mass is 390 g/mol. The predicted molar refractivity (Wildman–Crippen MR) is 115 cm³/mol. The van der Waals surface area contributed by atoms with Crippen molar-refractivity contribution in [3.05, 3.63) is 30.0 Å². The standard InChI is InChI=1S/C24H30N4O/c1-24(2)16-27(17-24)23-13-19(9-8-18-6-7-18)10-11-21(23)22-15-28(26-25-22)14-20-5-3-4-12-29-20/h10-11,13,15,18,20H,3-7,12,14,16-17H2,1-2H3. The zero-order chi connectivity index (χ0) is 19.8. The van der Waals surface area contributed by atoms with Gasteiger partial charge in [-0.2, -0.15) is 0 Å². The topological polar surface area (TPSA) is 43.2 Å². The molecule has 1 aliphatic carbocycles. The van der Waals surface area contributed by atoms with Crippen molar-refractivity contribution in [2.45, 2.75) is 58.6 Å². The summed E-state index contributed by atoms with van der Waals surface area (Å²) in [6.45, 7) is 8.41. The summed E-state index contributed by atoms with van der Waals surface area (Å²) in [5, 5.41) is 8.89. The third kappa shape index (κ3) is 4.33. The molecule has 3 heterocycles. The van der Waals surface area contributed by atoms with Crippen molar-refractivity contribution in [1.82, 2.24) is 15.0 Å². The summed E-state index contributed by atoms with van der Waals surface area (Å²) in [6.07, 6.45) is 8.36. The first kappa shape index (κ1) is 18.7. The van der Waals surface area contributed by atoms with Gasteiger partial charge in [-0.25, -0.2) is 4.68 Å². The van der Waals surface area contributed by atoms with E-state index in [9.17, 15) is 0 Å². The maximum atomic E-state index is 5.86. The molecule has 3 fully saturated rings. The summed E-state index contributed by atoms with van der Waals surface area (Å²) >= 11 is 0. The summed E-state index contributed by atoms with van der Waals surface area (Å²) < 4.78 is 7.80. The van der Waals surface area contributed by atoms with Crippen LogP contribution in [0.25, 0.3) is 11.3 Å². The van der Waals surface area contributed by atoms with E-state index in [1.165, 1.54) is 31.4 Å². The Bertz CT molecular complexity index is 933. The Morgan fingerprint density at radius 1 is 1.17 bits per heavy atom. The van der Waals surface area contributed by atoms with Crippen LogP contribution in [0.2, 0.25) is 0 Å². The van der Waals surface area contributed by atoms with Crippen LogP contribution in [0.5, 0.6) is 0 Å². The number of rotatable bonds is 4. The second kappa shape index (κ2) is 7.50. The van der Waals surface area contributed by atoms with Gasteiger partial charge < -0.3 is 9.64 Å². The molecule has 5 heteroatoms. The first-order valence-electron chi connectivity index (χ1n) is 11.0. The molecule has 5 rings (SSSR count). The SMILES string of the molecule is CC1(C)CN(c2cc(C#CC3CC3)ccc2-c2cn(CC3CCCCO3)nn2)C1. The van der Waals surface area contributed by atoms with Crippen LogP contribution in [-0.2, 0) is 11.3 Å². The van der Waals surface area contributed by atoms with Crippen molar-refractivity contribution in [3.63, 3.8) is 0 Å². The van der Waals surface area contributed by atoms with Crippen molar-refractivity contribution in [3.8, 4) is 23.1 Å². The number of hydrogen-bond donors (Lipinski definition) is 0. The zero-order valence-electron chi connectivity index (χ0n) is 17.5. The third-order valence-corrected chi connectivity index (χ3v) is 6.05. The average Bonchev–Trinajstić information content (AvgIpc) is 3.42. The predicted octanol–water partition coefficient (Wildman–Crippen LogP) is 4.12. The highest BCUT2D eigenvalue weighted by atomic mass is 16.5. The number of nitrogens with zero attached hydrogens (tertiary/aromatic N) is 4. The van der Waals surface area contributed by atoms with Gasteiger partial charge in [0.2, 0.25) is 0 Å². The van der Waals surface area contributed by atoms with Gasteiger partial charge in [0.15, 0.2) is 0 Å². The largest absolute Gasteiger partial charge is 0.376 e. The molecular weight excluding hydrogens is 360 g/mol. The van der Waals surface area contributed by atoms with Crippen molar-refractivity contribution < 1.29 is 4.74 Å². The minimum absolute atomic E-state index is 0.258. The molecule has 0 spiro atoms. The Balaban J connectivity index is 1.40. The van der Waals surface area contributed by atoms with Gasteiger partial charge in [0, 0.05) is 42.4 Å². The molecule has 1 unspecified atom stereocenters. The Morgan fingerprint density at radius 3 is 2.76 bits per heavy atom. The lowest BCUT2D eigenvalue weighted by atomic mass is 9.83. The van der Waals surface area contributed by atoms with Gasteiger partial charge in [-0.05, 0) is 55.7 Å². The summed E-state index contributed by atoms with van der Waals surface area (Å²) in [7, 11) is 0. The summed E-state index contributed by atoms with van der Waals surface area (Å²) in [6, 6.07) is 6.54. The van der Waals surface area contributed by atoms with Crippen LogP contribution in [0.15, 0.2) is 24.4 Å². The number of aromatic nitrogens is 3. The number of hydrogen-bond acceptors (Lipinski definition) is 4. The van der Waals surface area contributed by atoms with E-state index < -0.39 is 0 Å². The zero-order valence-corrected chi connectivity index (χ0v) is 17.5. The molecule has 1 atom stereocenters. The van der Waals surface area contributed by atoms with Gasteiger partial charge in [0.1, 0.15) is 5.69 Å². The molecule has 5 nitrogen and oxygen atoms in total. The molecule has 0 bridgehead atoms. The minimum atomic E-state index is 0.258. The minimum Gasteiger partial charge on any atom is -0.376 e. The van der Waals surface area contributed by atoms with Gasteiger partial charge in [-0.3, -0.25) is 0 Å². The molecule has 29 heavy (non-hydrogen) atoms. The number of ether oxygens (including phenoxy) is 1. The smallest absolute Gasteiger partial charge is 0.115 e. The normalized spacial score (nSPS) is 23.2. The van der Waals surface area contributed by atoms with E-state index >= 15 is 0 Å². The third-order valence-electron chi connectivity index (χ3n) is 6.05. The highest BCUT2D eigenvalue weighted by Gasteiger charge is 2.35. The lowest BCUT2D eigenvalue weighted by Gasteiger charge is -2.48. The van der Waals surface area contributed by atoms with Gasteiger partial charge >= 0.3 is 0 Å². The first-order chi connectivity index (χ1) is 14.1. The van der Waals surface area contributed by atoms with Crippen LogP contribution in [0, 0.1) is 23.2 Å². The van der Waals surface area contributed by atoms with E-state index in [-0.39, 0.29) is 6.10 Å². The Hall–Kier alpha value is -2.32. The van der Waals surface area contributed by atoms with Gasteiger partial charge in [-0.15, -0.1) is 5.10 Å². The molecule has 0 N–H and O–H groups in total. The van der Waals surface area contributed by atoms with Crippen molar-refractivity contribution in [1.29, 1.82) is 0 Å². The van der Waals surface area contributed by atoms with Crippen molar-refractivity contribution in [2.75, 3.05) is 24.6 Å². The molecule has 1 saturated carbocycles. The Kier molecular flexibility index (Phi) is 4.83. The van der Waals surface area contributed by atoms with E-state index in [1.54, 1.807) is 0 Å². The fraction of sp³-hybridized carbons (Fsp3) is 0.583. The maximum Gasteiger partial charge on any atom is 0.115 e. The first-order valence-corrected chi connectivity index (χ1v) is 11.0. The molecule has 1 aromatic carbocycles. The molecule has 0 radical (unpaired) electrons. The second-order valence-electron chi connectivity index (χ2n) is 9.61. The lowest BCUT2D eigenvalue weighted by molar-refractivity contribution is 0.00370. The van der Waals surface area contributed by atoms with E-state index in [0.29, 0.717) is 11.3 Å². The van der Waals surface area contributed by atoms with E-state index in [4.69, 9.17) is 4.74 Å². The highest BCUT2D eigenvalue weighted by Crippen LogP contribution is 2.39. The average molecular weight is 391 g/mol. The summed E-state index contributed by atoms with van der Waals surface area (Å²) in [4.78, 5) is 2.45. The van der Waals surface area contributed by atoms with E-state index in [1.807, 2.05) is 4.68 Å². The molecular formula is C24H30N4O. The van der Waals surface area contributed by atoms with Crippen molar-refractivity contribution >= 4 is 5.69 Å². The molecule has 3 aliphatic rings. The van der Waals surface area contributed by atoms with Crippen LogP contribution < -0.4 is 4.90 Å². The fourth-order valence-electron chi connectivity index (χ4n) is 4.33. The quantitative estimate of drug-likeness (QED) is 0.737. The molecule has 2 aliphatic heterocycles.